The van der Waals surface area contributed by atoms with Gasteiger partial charge in [0.1, 0.15) is 10.6 Å². The summed E-state index contributed by atoms with van der Waals surface area (Å²) in [6.07, 6.45) is 1.14. The molecule has 0 spiro atoms. The molecule has 4 rings (SSSR count). The smallest absolute Gasteiger partial charge is 0.341 e. The molecule has 4 aliphatic rings. The van der Waals surface area contributed by atoms with Crippen LogP contribution in [0.25, 0.3) is 11.4 Å². The quantitative estimate of drug-likeness (QED) is 0.491. The van der Waals surface area contributed by atoms with Crippen molar-refractivity contribution < 1.29 is 22.9 Å². The zero-order valence-corrected chi connectivity index (χ0v) is 18.8. The van der Waals surface area contributed by atoms with Crippen LogP contribution in [0.15, 0.2) is 22.1 Å². The highest BCUT2D eigenvalue weighted by atomic mass is 35.5. The van der Waals surface area contributed by atoms with E-state index in [-0.39, 0.29) is 28.0 Å². The van der Waals surface area contributed by atoms with Crippen LogP contribution in [0.4, 0.5) is 0 Å². The fourth-order valence-corrected chi connectivity index (χ4v) is 5.68. The number of halogens is 1. The molecular formula is C17H21ClN4O6S2. The lowest BCUT2D eigenvalue weighted by molar-refractivity contribution is 0.0695. The van der Waals surface area contributed by atoms with Crippen molar-refractivity contribution in [2.24, 2.45) is 0 Å². The average Bonchev–Trinajstić information content (AvgIpc) is 2.64. The molecule has 1 saturated heterocycles. The summed E-state index contributed by atoms with van der Waals surface area (Å²) >= 11 is 6.34. The first-order valence-corrected chi connectivity index (χ1v) is 12.4. The number of piperazine rings is 1. The Kier molecular flexibility index (Phi) is 6.75. The number of fused-ring (bicyclic) bond motifs is 3. The maximum atomic E-state index is 12.3. The molecule has 0 aromatic rings. The van der Waals surface area contributed by atoms with Crippen molar-refractivity contribution >= 4 is 38.8 Å². The standard InChI is InChI=1S/C15H15ClN4O3S.C2H6O3S/c1-18-2-4-19(5-3-18)24-8-20-13-9(6-11(16)14(20)24)12(21)10(7-17-13)15(22)23;1-2-6(3,4)5/h6-7H,2-5,8H2,1H3;2H2,1H3,(H,3,4,5). The van der Waals surface area contributed by atoms with Crippen molar-refractivity contribution in [3.8, 4) is 11.4 Å². The Bertz CT molecular complexity index is 1100. The van der Waals surface area contributed by atoms with E-state index < -0.39 is 21.5 Å². The third kappa shape index (κ3) is 4.63. The first-order chi connectivity index (χ1) is 14.0. The third-order valence-corrected chi connectivity index (χ3v) is 8.34. The number of carboxylic acid groups (broad SMARTS) is 1. The first-order valence-electron chi connectivity index (χ1n) is 9.07. The molecule has 13 heteroatoms. The number of hydrogen-bond donors (Lipinski definition) is 1. The molecule has 0 aromatic heterocycles. The zero-order chi connectivity index (χ0) is 22.2. The van der Waals surface area contributed by atoms with Crippen molar-refractivity contribution in [2.45, 2.75) is 17.8 Å². The minimum atomic E-state index is -3.91. The second-order valence-corrected chi connectivity index (χ2v) is 10.8. The van der Waals surface area contributed by atoms with Gasteiger partial charge in [0.05, 0.1) is 28.8 Å². The van der Waals surface area contributed by atoms with Crippen LogP contribution in [0.2, 0.25) is 5.02 Å². The van der Waals surface area contributed by atoms with E-state index in [4.69, 9.17) is 16.7 Å². The molecule has 10 nitrogen and oxygen atoms in total. The molecule has 30 heavy (non-hydrogen) atoms. The molecule has 0 bridgehead atoms. The largest absolute Gasteiger partial charge is 0.748 e. The van der Waals surface area contributed by atoms with Gasteiger partial charge in [-0.15, -0.1) is 4.31 Å². The second kappa shape index (κ2) is 8.81. The number of nitrogens with zero attached hydrogens (tertiary/aromatic N) is 4. The lowest BCUT2D eigenvalue weighted by Crippen LogP contribution is -2.52. The number of aromatic carboxylic acids is 1. The molecule has 1 unspecified atom stereocenters. The van der Waals surface area contributed by atoms with Crippen molar-refractivity contribution in [3.63, 3.8) is 0 Å². The second-order valence-electron chi connectivity index (χ2n) is 6.84. The summed E-state index contributed by atoms with van der Waals surface area (Å²) in [5, 5.41) is 10.6. The average molecular weight is 477 g/mol. The van der Waals surface area contributed by atoms with Gasteiger partial charge in [-0.05, 0) is 13.1 Å². The number of likely N-dealkylation sites (N-methyl/N-ethyl adjacent to an activating group) is 1. The first kappa shape index (κ1) is 23.0. The normalized spacial score (nSPS) is 19.5. The monoisotopic (exact) mass is 476 g/mol. The van der Waals surface area contributed by atoms with E-state index in [0.29, 0.717) is 10.8 Å². The summed E-state index contributed by atoms with van der Waals surface area (Å²) in [7, 11) is -1.80. The van der Waals surface area contributed by atoms with E-state index in [0.717, 1.165) is 43.3 Å². The summed E-state index contributed by atoms with van der Waals surface area (Å²) in [6, 6.07) is 1.57. The lowest BCUT2D eigenvalue weighted by atomic mass is 10.1. The summed E-state index contributed by atoms with van der Waals surface area (Å²) in [6.45, 7) is 5.35. The van der Waals surface area contributed by atoms with Crippen molar-refractivity contribution in [3.05, 3.63) is 33.1 Å². The number of hydrogen-bond acceptors (Lipinski definition) is 8. The van der Waals surface area contributed by atoms with Gasteiger partial charge >= 0.3 is 5.97 Å². The van der Waals surface area contributed by atoms with E-state index in [1.165, 1.54) is 6.92 Å². The molecule has 0 radical (unpaired) electrons. The summed E-state index contributed by atoms with van der Waals surface area (Å²) < 4.78 is 32.7. The summed E-state index contributed by atoms with van der Waals surface area (Å²) in [4.78, 5) is 29.9. The van der Waals surface area contributed by atoms with E-state index in [9.17, 15) is 22.6 Å². The maximum absolute atomic E-state index is 12.3. The number of rotatable bonds is 3. The van der Waals surface area contributed by atoms with Crippen LogP contribution in [0.3, 0.4) is 0 Å². The topological polar surface area (TPSA) is 136 Å². The Morgan fingerprint density at radius 3 is 2.47 bits per heavy atom. The van der Waals surface area contributed by atoms with Crippen molar-refractivity contribution in [2.75, 3.05) is 39.0 Å². The highest BCUT2D eigenvalue weighted by molar-refractivity contribution is 7.94. The Labute approximate surface area is 181 Å². The molecule has 164 valence electrons. The predicted octanol–water partition coefficient (Wildman–Crippen LogP) is 0.362. The molecule has 0 aliphatic carbocycles. The molecule has 0 aromatic carbocycles. The highest BCUT2D eigenvalue weighted by Gasteiger charge is 2.48. The van der Waals surface area contributed by atoms with E-state index in [2.05, 4.69) is 21.2 Å². The van der Waals surface area contributed by atoms with Gasteiger partial charge in [0.2, 0.25) is 11.3 Å². The molecule has 1 fully saturated rings. The maximum Gasteiger partial charge on any atom is 0.341 e. The Hall–Kier alpha value is -1.70. The summed E-state index contributed by atoms with van der Waals surface area (Å²) in [5.41, 5.74) is -0.585. The Morgan fingerprint density at radius 1 is 1.33 bits per heavy atom. The molecule has 0 saturated carbocycles. The van der Waals surface area contributed by atoms with Gasteiger partial charge in [-0.25, -0.2) is 22.8 Å². The van der Waals surface area contributed by atoms with E-state index in [1.807, 2.05) is 4.57 Å². The lowest BCUT2D eigenvalue weighted by Gasteiger charge is -2.36. The van der Waals surface area contributed by atoms with Crippen LogP contribution in [0.5, 0.6) is 0 Å². The molecule has 4 aliphatic heterocycles. The van der Waals surface area contributed by atoms with Crippen LogP contribution >= 0.6 is 11.6 Å². The molecule has 0 amide bonds. The fourth-order valence-electron chi connectivity index (χ4n) is 3.10. The van der Waals surface area contributed by atoms with Crippen LogP contribution in [-0.2, 0) is 27.1 Å². The number of aromatic nitrogens is 2. The van der Waals surface area contributed by atoms with Gasteiger partial charge in [-0.3, -0.25) is 4.79 Å². The van der Waals surface area contributed by atoms with Gasteiger partial charge in [-0.1, -0.05) is 18.5 Å². The minimum absolute atomic E-state index is 0.0818. The highest BCUT2D eigenvalue weighted by Crippen LogP contribution is 2.40. The van der Waals surface area contributed by atoms with Gasteiger partial charge in [0.25, 0.3) is 5.03 Å². The predicted molar refractivity (Wildman–Crippen MR) is 112 cm³/mol. The SMILES string of the molecule is CCS(=O)(=O)[O-].CN1CCN([S+]2Cn3c4ncc(C(=O)O)c(=O)c-4cc(Cl)c32)CC1. The van der Waals surface area contributed by atoms with E-state index >= 15 is 0 Å². The number of carboxylic acids is 1. The van der Waals surface area contributed by atoms with Gasteiger partial charge in [0, 0.05) is 25.0 Å². The molecule has 1 atom stereocenters. The number of carbonyl (C=O) groups is 1. The van der Waals surface area contributed by atoms with Crippen LogP contribution in [0, 0.1) is 0 Å². The zero-order valence-electron chi connectivity index (χ0n) is 16.4. The minimum Gasteiger partial charge on any atom is -0.748 e. The Balaban J connectivity index is 0.000000377. The fraction of sp³-hybridized carbons (Fsp3) is 0.471. The van der Waals surface area contributed by atoms with E-state index in [1.54, 1.807) is 6.07 Å². The number of pyridine rings is 2. The van der Waals surface area contributed by atoms with Gasteiger partial charge < -0.3 is 14.6 Å². The summed E-state index contributed by atoms with van der Waals surface area (Å²) in [5.74, 6) is -0.320. The van der Waals surface area contributed by atoms with Crippen LogP contribution < -0.4 is 5.43 Å². The van der Waals surface area contributed by atoms with Crippen molar-refractivity contribution in [1.29, 1.82) is 0 Å². The van der Waals surface area contributed by atoms with Crippen LogP contribution in [0.1, 0.15) is 17.3 Å². The molecular weight excluding hydrogens is 456 g/mol. The third-order valence-electron chi connectivity index (χ3n) is 4.85. The van der Waals surface area contributed by atoms with Gasteiger partial charge in [-0.2, -0.15) is 0 Å². The Morgan fingerprint density at radius 2 is 1.93 bits per heavy atom. The van der Waals surface area contributed by atoms with Crippen LogP contribution in [-0.4, -0.2) is 81.8 Å². The molecule has 1 N–H and O–H groups in total. The van der Waals surface area contributed by atoms with Crippen molar-refractivity contribution in [1.82, 2.24) is 18.8 Å². The van der Waals surface area contributed by atoms with Gasteiger partial charge in [0.15, 0.2) is 16.9 Å². The molecule has 4 heterocycles.